The number of hydrogen-bond donors (Lipinski definition) is 1. The predicted molar refractivity (Wildman–Crippen MR) is 162 cm³/mol. The van der Waals surface area contributed by atoms with Gasteiger partial charge in [-0.1, -0.05) is 13.0 Å². The van der Waals surface area contributed by atoms with Gasteiger partial charge in [-0.05, 0) is 60.3 Å². The van der Waals surface area contributed by atoms with Gasteiger partial charge in [0.25, 0.3) is 0 Å². The maximum Gasteiger partial charge on any atom is 0.319 e. The van der Waals surface area contributed by atoms with Crippen molar-refractivity contribution in [2.45, 2.75) is 62.9 Å². The first kappa shape index (κ1) is 28.6. The van der Waals surface area contributed by atoms with Crippen molar-refractivity contribution in [3.8, 4) is 28.9 Å². The smallest absolute Gasteiger partial charge is 0.319 e. The van der Waals surface area contributed by atoms with Crippen molar-refractivity contribution in [3.05, 3.63) is 41.5 Å². The van der Waals surface area contributed by atoms with Crippen LogP contribution in [0.25, 0.3) is 32.9 Å². The topological polar surface area (TPSA) is 93.1 Å². The van der Waals surface area contributed by atoms with Gasteiger partial charge in [-0.25, -0.2) is 18.2 Å². The first-order valence-corrected chi connectivity index (χ1v) is 15.6. The van der Waals surface area contributed by atoms with Crippen LogP contribution in [0.3, 0.4) is 0 Å². The largest absolute Gasteiger partial charge is 0.508 e. The first-order chi connectivity index (χ1) is 21.7. The monoisotopic (exact) mass is 621 g/mol. The third-order valence-corrected chi connectivity index (χ3v) is 10.0. The van der Waals surface area contributed by atoms with Gasteiger partial charge in [-0.3, -0.25) is 4.90 Å². The number of fused-ring (bicyclic) bond motifs is 4. The molecule has 4 aliphatic heterocycles. The number of aromatic nitrogens is 3. The second-order valence-electron chi connectivity index (χ2n) is 12.7. The molecule has 2 aromatic heterocycles. The quantitative estimate of drug-likeness (QED) is 0.317. The Morgan fingerprint density at radius 2 is 2.00 bits per heavy atom. The lowest BCUT2D eigenvalue weighted by Crippen LogP contribution is -2.47. The van der Waals surface area contributed by atoms with Gasteiger partial charge >= 0.3 is 6.01 Å². The summed E-state index contributed by atoms with van der Waals surface area (Å²) in [5.41, 5.74) is -0.0496. The zero-order valence-electron chi connectivity index (χ0n) is 25.2. The lowest BCUT2D eigenvalue weighted by Gasteiger charge is -2.38. The summed E-state index contributed by atoms with van der Waals surface area (Å²) in [6.45, 7) is 3.96. The van der Waals surface area contributed by atoms with E-state index in [0.717, 1.165) is 19.4 Å². The minimum atomic E-state index is -0.925. The molecule has 4 aliphatic rings. The van der Waals surface area contributed by atoms with Gasteiger partial charge in [-0.15, -0.1) is 0 Å². The molecule has 45 heavy (non-hydrogen) atoms. The van der Waals surface area contributed by atoms with E-state index in [-0.39, 0.29) is 53.2 Å². The Morgan fingerprint density at radius 3 is 2.84 bits per heavy atom. The molecule has 0 amide bonds. The standard InChI is InChI=1S/C33H34F3N5O4/c1-3-22-24(35)6-5-17-9-20(42)11-23(25(17)22)28-27(36)29-26-30(40(2)19-10-21(15-43-14-19)45-31(26)37-28)39-32(38-29)44-16-33-7-4-8-41(33)13-18(34)12-33/h5-6,9,11,18-19,21,42H,3-4,7-8,10,12-16H2,1-2H3/t18-,19?,21?,33+/m1/s1. The van der Waals surface area contributed by atoms with Crippen molar-refractivity contribution in [3.63, 3.8) is 0 Å². The van der Waals surface area contributed by atoms with Crippen LogP contribution in [-0.4, -0.2) is 88.8 Å². The Hall–Kier alpha value is -3.90. The minimum Gasteiger partial charge on any atom is -0.508 e. The number of rotatable bonds is 5. The summed E-state index contributed by atoms with van der Waals surface area (Å²) in [5.74, 6) is -0.821. The van der Waals surface area contributed by atoms with Gasteiger partial charge in [0, 0.05) is 32.0 Å². The molecule has 4 aromatic rings. The number of hydrogen-bond acceptors (Lipinski definition) is 9. The van der Waals surface area contributed by atoms with E-state index in [2.05, 4.69) is 14.9 Å². The van der Waals surface area contributed by atoms with Crippen molar-refractivity contribution in [1.29, 1.82) is 0 Å². The molecule has 0 radical (unpaired) electrons. The molecule has 12 heteroatoms. The Kier molecular flexibility index (Phi) is 6.72. The molecule has 4 atom stereocenters. The maximum atomic E-state index is 17.0. The number of nitrogens with zero attached hydrogens (tertiary/aromatic N) is 5. The number of pyridine rings is 1. The van der Waals surface area contributed by atoms with Gasteiger partial charge in [0.15, 0.2) is 5.82 Å². The molecular formula is C33H34F3N5O4. The van der Waals surface area contributed by atoms with E-state index < -0.39 is 23.3 Å². The first-order valence-electron chi connectivity index (χ1n) is 15.6. The second-order valence-corrected chi connectivity index (χ2v) is 12.7. The number of benzene rings is 2. The van der Waals surface area contributed by atoms with Crippen LogP contribution in [0.1, 0.15) is 38.2 Å². The Morgan fingerprint density at radius 1 is 1.13 bits per heavy atom. The molecule has 0 aliphatic carbocycles. The molecule has 6 heterocycles. The Bertz CT molecular complexity index is 1840. The van der Waals surface area contributed by atoms with Crippen molar-refractivity contribution < 1.29 is 32.5 Å². The number of likely N-dealkylation sites (N-methyl/N-ethyl adjacent to an activating group) is 1. The van der Waals surface area contributed by atoms with E-state index in [1.54, 1.807) is 6.07 Å². The fourth-order valence-corrected chi connectivity index (χ4v) is 7.82. The van der Waals surface area contributed by atoms with E-state index in [4.69, 9.17) is 19.2 Å². The van der Waals surface area contributed by atoms with E-state index in [1.807, 2.05) is 18.9 Å². The summed E-state index contributed by atoms with van der Waals surface area (Å²) in [6, 6.07) is 5.67. The van der Waals surface area contributed by atoms with Crippen LogP contribution in [0.5, 0.6) is 17.6 Å². The molecule has 2 aromatic carbocycles. The van der Waals surface area contributed by atoms with E-state index in [0.29, 0.717) is 66.6 Å². The zero-order valence-corrected chi connectivity index (χ0v) is 25.2. The van der Waals surface area contributed by atoms with Gasteiger partial charge in [0.1, 0.15) is 52.9 Å². The molecule has 3 saturated heterocycles. The SMILES string of the molecule is CCc1c(F)ccc2cc(O)cc(-c3nc4c5c(nc(OC[C@@]67CCCN6C[C@H](F)C7)nc5c3F)N(C)C3COCC(C3)O4)c12. The fourth-order valence-electron chi connectivity index (χ4n) is 7.82. The summed E-state index contributed by atoms with van der Waals surface area (Å²) < 4.78 is 64.9. The molecule has 0 spiro atoms. The van der Waals surface area contributed by atoms with Crippen LogP contribution in [0.15, 0.2) is 24.3 Å². The predicted octanol–water partition coefficient (Wildman–Crippen LogP) is 5.33. The third kappa shape index (κ3) is 4.55. The molecule has 3 fully saturated rings. The highest BCUT2D eigenvalue weighted by Crippen LogP contribution is 2.45. The second kappa shape index (κ2) is 10.6. The fraction of sp³-hybridized carbons (Fsp3) is 0.485. The number of phenolic OH excluding ortho intramolecular Hbond substituents is 1. The average molecular weight is 622 g/mol. The van der Waals surface area contributed by atoms with Crippen molar-refractivity contribution >= 4 is 27.5 Å². The third-order valence-electron chi connectivity index (χ3n) is 10.0. The summed E-state index contributed by atoms with van der Waals surface area (Å²) in [7, 11) is 1.87. The van der Waals surface area contributed by atoms with Crippen LogP contribution in [0.4, 0.5) is 19.0 Å². The highest BCUT2D eigenvalue weighted by molar-refractivity contribution is 6.03. The highest BCUT2D eigenvalue weighted by atomic mass is 19.1. The van der Waals surface area contributed by atoms with Crippen molar-refractivity contribution in [2.24, 2.45) is 0 Å². The Labute approximate surface area is 257 Å². The minimum absolute atomic E-state index is 0.0372. The molecule has 9 nitrogen and oxygen atoms in total. The lowest BCUT2D eigenvalue weighted by molar-refractivity contribution is -0.00648. The van der Waals surface area contributed by atoms with Crippen molar-refractivity contribution in [2.75, 3.05) is 44.9 Å². The summed E-state index contributed by atoms with van der Waals surface area (Å²) in [5, 5.41) is 11.9. The van der Waals surface area contributed by atoms with Gasteiger partial charge < -0.3 is 24.2 Å². The molecule has 0 saturated carbocycles. The van der Waals surface area contributed by atoms with Crippen LogP contribution >= 0.6 is 0 Å². The molecule has 2 unspecified atom stereocenters. The summed E-state index contributed by atoms with van der Waals surface area (Å²) in [6.07, 6.45) is 1.82. The lowest BCUT2D eigenvalue weighted by atomic mass is 9.94. The number of phenols is 1. The molecule has 1 N–H and O–H groups in total. The van der Waals surface area contributed by atoms with E-state index in [9.17, 15) is 9.50 Å². The highest BCUT2D eigenvalue weighted by Gasteiger charge is 2.49. The summed E-state index contributed by atoms with van der Waals surface area (Å²) >= 11 is 0. The maximum absolute atomic E-state index is 17.0. The number of aromatic hydroxyl groups is 1. The normalized spacial score (nSPS) is 26.2. The number of alkyl halides is 1. The van der Waals surface area contributed by atoms with Crippen molar-refractivity contribution in [1.82, 2.24) is 19.9 Å². The molecular weight excluding hydrogens is 587 g/mol. The number of aryl methyl sites for hydroxylation is 1. The van der Waals surface area contributed by atoms with E-state index in [1.165, 1.54) is 18.2 Å². The average Bonchev–Trinajstić information content (AvgIpc) is 3.56. The van der Waals surface area contributed by atoms with Crippen LogP contribution in [0, 0.1) is 11.6 Å². The molecule has 8 rings (SSSR count). The Balaban J connectivity index is 1.34. The molecule has 2 bridgehead atoms. The van der Waals surface area contributed by atoms with Crippen LogP contribution in [0.2, 0.25) is 0 Å². The number of anilines is 1. The van der Waals surface area contributed by atoms with Crippen LogP contribution < -0.4 is 14.4 Å². The summed E-state index contributed by atoms with van der Waals surface area (Å²) in [4.78, 5) is 18.1. The zero-order chi connectivity index (χ0) is 31.0. The van der Waals surface area contributed by atoms with E-state index >= 15 is 8.78 Å². The molecule has 236 valence electrons. The van der Waals surface area contributed by atoms with Gasteiger partial charge in [-0.2, -0.15) is 9.97 Å². The number of ether oxygens (including phenoxy) is 3. The van der Waals surface area contributed by atoms with Crippen LogP contribution in [-0.2, 0) is 11.2 Å². The van der Waals surface area contributed by atoms with Gasteiger partial charge in [0.05, 0.1) is 24.8 Å². The number of halogens is 3. The van der Waals surface area contributed by atoms with Gasteiger partial charge in [0.2, 0.25) is 5.88 Å².